The van der Waals surface area contributed by atoms with E-state index < -0.39 is 0 Å². The zero-order valence-corrected chi connectivity index (χ0v) is 13.7. The minimum absolute atomic E-state index is 0.0528. The highest BCUT2D eigenvalue weighted by Crippen LogP contribution is 2.50. The summed E-state index contributed by atoms with van der Waals surface area (Å²) in [4.78, 5) is 9.04. The van der Waals surface area contributed by atoms with Gasteiger partial charge in [-0.1, -0.05) is 30.3 Å². The zero-order valence-electron chi connectivity index (χ0n) is 13.7. The maximum Gasteiger partial charge on any atom is 0.135 e. The number of ether oxygens (including phenoxy) is 1. The van der Waals surface area contributed by atoms with Crippen LogP contribution in [0.1, 0.15) is 30.7 Å². The van der Waals surface area contributed by atoms with Crippen LogP contribution in [-0.2, 0) is 11.2 Å². The van der Waals surface area contributed by atoms with E-state index in [0.717, 1.165) is 50.5 Å². The van der Waals surface area contributed by atoms with Gasteiger partial charge in [-0.05, 0) is 30.9 Å². The molecule has 1 aromatic heterocycles. The summed E-state index contributed by atoms with van der Waals surface area (Å²) in [6.07, 6.45) is 4.89. The van der Waals surface area contributed by atoms with Gasteiger partial charge < -0.3 is 15.2 Å². The lowest BCUT2D eigenvalue weighted by atomic mass is 9.58. The number of benzene rings is 1. The summed E-state index contributed by atoms with van der Waals surface area (Å²) in [5, 5.41) is 13.8. The van der Waals surface area contributed by atoms with Crippen molar-refractivity contribution in [3.05, 3.63) is 54.0 Å². The molecular weight excluding hydrogens is 302 g/mol. The number of hydrogen-bond donors (Lipinski definition) is 2. The van der Waals surface area contributed by atoms with E-state index in [0.29, 0.717) is 0 Å². The molecule has 1 saturated carbocycles. The van der Waals surface area contributed by atoms with Gasteiger partial charge in [-0.15, -0.1) is 0 Å². The van der Waals surface area contributed by atoms with Gasteiger partial charge in [0.1, 0.15) is 11.6 Å². The van der Waals surface area contributed by atoms with Crippen LogP contribution in [0.25, 0.3) is 0 Å². The van der Waals surface area contributed by atoms with Crippen LogP contribution in [0, 0.1) is 5.41 Å². The Kier molecular flexibility index (Phi) is 4.21. The summed E-state index contributed by atoms with van der Waals surface area (Å²) in [7, 11) is 0. The van der Waals surface area contributed by atoms with E-state index in [4.69, 9.17) is 4.74 Å². The molecule has 1 aromatic carbocycles. The molecule has 0 radical (unpaired) electrons. The summed E-state index contributed by atoms with van der Waals surface area (Å²) < 4.78 is 5.47. The predicted octanol–water partition coefficient (Wildman–Crippen LogP) is 2.41. The minimum Gasteiger partial charge on any atom is -0.392 e. The van der Waals surface area contributed by atoms with Crippen molar-refractivity contribution in [1.29, 1.82) is 0 Å². The second-order valence-electron chi connectivity index (χ2n) is 6.81. The molecule has 2 atom stereocenters. The summed E-state index contributed by atoms with van der Waals surface area (Å²) in [6, 6.07) is 12.4. The SMILES string of the molecule is O[C@@H]1C[C@@H](Nc2ccnc(Cc3ccccc3)n2)C12CCOCC2. The number of nitrogens with one attached hydrogen (secondary N) is 1. The number of aliphatic hydroxyl groups is 1. The van der Waals surface area contributed by atoms with Gasteiger partial charge >= 0.3 is 0 Å². The van der Waals surface area contributed by atoms with E-state index >= 15 is 0 Å². The second kappa shape index (κ2) is 6.49. The first-order chi connectivity index (χ1) is 11.8. The average Bonchev–Trinajstić information content (AvgIpc) is 2.63. The first kappa shape index (κ1) is 15.5. The van der Waals surface area contributed by atoms with Crippen molar-refractivity contribution >= 4 is 5.82 Å². The van der Waals surface area contributed by atoms with Crippen molar-refractivity contribution in [1.82, 2.24) is 9.97 Å². The predicted molar refractivity (Wildman–Crippen MR) is 91.8 cm³/mol. The molecule has 2 aromatic rings. The van der Waals surface area contributed by atoms with Crippen LogP contribution in [0.2, 0.25) is 0 Å². The van der Waals surface area contributed by atoms with Gasteiger partial charge in [0.05, 0.1) is 6.10 Å². The molecule has 1 aliphatic heterocycles. The van der Waals surface area contributed by atoms with Gasteiger partial charge in [-0.2, -0.15) is 0 Å². The normalized spacial score (nSPS) is 25.2. The van der Waals surface area contributed by atoms with E-state index in [1.807, 2.05) is 24.3 Å². The summed E-state index contributed by atoms with van der Waals surface area (Å²) >= 11 is 0. The van der Waals surface area contributed by atoms with Crippen LogP contribution >= 0.6 is 0 Å². The minimum atomic E-state index is -0.232. The van der Waals surface area contributed by atoms with Gasteiger partial charge in [-0.25, -0.2) is 9.97 Å². The quantitative estimate of drug-likeness (QED) is 0.903. The van der Waals surface area contributed by atoms with E-state index in [1.54, 1.807) is 6.20 Å². The largest absolute Gasteiger partial charge is 0.392 e. The number of anilines is 1. The van der Waals surface area contributed by atoms with Gasteiger partial charge in [0.25, 0.3) is 0 Å². The molecule has 0 unspecified atom stereocenters. The first-order valence-electron chi connectivity index (χ1n) is 8.64. The molecule has 0 bridgehead atoms. The molecule has 2 heterocycles. The van der Waals surface area contributed by atoms with E-state index in [-0.39, 0.29) is 17.6 Å². The van der Waals surface area contributed by atoms with E-state index in [2.05, 4.69) is 27.4 Å². The second-order valence-corrected chi connectivity index (χ2v) is 6.81. The van der Waals surface area contributed by atoms with Gasteiger partial charge in [0.15, 0.2) is 0 Å². The standard InChI is InChI=1S/C19H23N3O2/c23-16-13-15(19(16)7-10-24-11-8-19)21-17-6-9-20-18(22-17)12-14-4-2-1-3-5-14/h1-6,9,15-16,23H,7-8,10-13H2,(H,20,21,22)/t15-,16-/m1/s1. The Hall–Kier alpha value is -1.98. The Labute approximate surface area is 142 Å². The smallest absolute Gasteiger partial charge is 0.135 e. The lowest BCUT2D eigenvalue weighted by Gasteiger charge is -2.55. The van der Waals surface area contributed by atoms with Crippen LogP contribution < -0.4 is 5.32 Å². The first-order valence-corrected chi connectivity index (χ1v) is 8.64. The molecule has 5 nitrogen and oxygen atoms in total. The van der Waals surface area contributed by atoms with E-state index in [9.17, 15) is 5.11 Å². The highest BCUT2D eigenvalue weighted by atomic mass is 16.5. The molecule has 2 aliphatic rings. The summed E-state index contributed by atoms with van der Waals surface area (Å²) in [5.74, 6) is 1.66. The van der Waals surface area contributed by atoms with Gasteiger partial charge in [0, 0.05) is 37.3 Å². The molecule has 126 valence electrons. The molecule has 24 heavy (non-hydrogen) atoms. The zero-order chi connectivity index (χ0) is 16.4. The molecule has 1 saturated heterocycles. The third-order valence-corrected chi connectivity index (χ3v) is 5.47. The fourth-order valence-corrected chi connectivity index (χ4v) is 3.92. The fourth-order valence-electron chi connectivity index (χ4n) is 3.92. The molecule has 4 rings (SSSR count). The van der Waals surface area contributed by atoms with Crippen molar-refractivity contribution in [2.45, 2.75) is 37.8 Å². The Balaban J connectivity index is 1.46. The molecule has 5 heteroatoms. The van der Waals surface area contributed by atoms with Crippen LogP contribution in [0.3, 0.4) is 0 Å². The highest BCUT2D eigenvalue weighted by Gasteiger charge is 2.54. The summed E-state index contributed by atoms with van der Waals surface area (Å²) in [6.45, 7) is 1.47. The monoisotopic (exact) mass is 325 g/mol. The van der Waals surface area contributed by atoms with Crippen molar-refractivity contribution in [2.75, 3.05) is 18.5 Å². The third-order valence-electron chi connectivity index (χ3n) is 5.47. The van der Waals surface area contributed by atoms with Crippen molar-refractivity contribution in [3.8, 4) is 0 Å². The van der Waals surface area contributed by atoms with Crippen LogP contribution in [-0.4, -0.2) is 40.4 Å². The maximum absolute atomic E-state index is 10.3. The Bertz CT molecular complexity index is 686. The maximum atomic E-state index is 10.3. The Morgan fingerprint density at radius 1 is 1.17 bits per heavy atom. The number of nitrogens with zero attached hydrogens (tertiary/aromatic N) is 2. The third kappa shape index (κ3) is 2.89. The molecule has 1 aliphatic carbocycles. The topological polar surface area (TPSA) is 67.3 Å². The lowest BCUT2D eigenvalue weighted by molar-refractivity contribution is -0.133. The van der Waals surface area contributed by atoms with Crippen molar-refractivity contribution in [3.63, 3.8) is 0 Å². The highest BCUT2D eigenvalue weighted by molar-refractivity contribution is 5.38. The molecule has 0 amide bonds. The van der Waals surface area contributed by atoms with Crippen molar-refractivity contribution in [2.24, 2.45) is 5.41 Å². The molecule has 1 spiro atoms. The average molecular weight is 325 g/mol. The van der Waals surface area contributed by atoms with E-state index in [1.165, 1.54) is 5.56 Å². The summed E-state index contributed by atoms with van der Waals surface area (Å²) in [5.41, 5.74) is 1.15. The van der Waals surface area contributed by atoms with Crippen LogP contribution in [0.4, 0.5) is 5.82 Å². The number of aromatic nitrogens is 2. The van der Waals surface area contributed by atoms with Crippen LogP contribution in [0.5, 0.6) is 0 Å². The van der Waals surface area contributed by atoms with Gasteiger partial charge in [0.2, 0.25) is 0 Å². The molecule has 2 fully saturated rings. The lowest BCUT2D eigenvalue weighted by Crippen LogP contribution is -2.62. The number of rotatable bonds is 4. The van der Waals surface area contributed by atoms with Crippen molar-refractivity contribution < 1.29 is 9.84 Å². The van der Waals surface area contributed by atoms with Crippen LogP contribution in [0.15, 0.2) is 42.6 Å². The fraction of sp³-hybridized carbons (Fsp3) is 0.474. The number of hydrogen-bond acceptors (Lipinski definition) is 5. The van der Waals surface area contributed by atoms with Gasteiger partial charge in [-0.3, -0.25) is 0 Å². The molecular formula is C19H23N3O2. The Morgan fingerprint density at radius 3 is 2.71 bits per heavy atom. The number of aliphatic hydroxyl groups excluding tert-OH is 1. The molecule has 2 N–H and O–H groups in total. The Morgan fingerprint density at radius 2 is 1.96 bits per heavy atom.